The highest BCUT2D eigenvalue weighted by Gasteiger charge is 2.26. The van der Waals surface area contributed by atoms with Crippen LogP contribution < -0.4 is 0 Å². The van der Waals surface area contributed by atoms with Gasteiger partial charge in [0.1, 0.15) is 5.60 Å². The first kappa shape index (κ1) is 17.3. The summed E-state index contributed by atoms with van der Waals surface area (Å²) in [6.45, 7) is 12.4. The normalized spacial score (nSPS) is 13.4. The van der Waals surface area contributed by atoms with E-state index in [1.807, 2.05) is 46.8 Å². The fraction of sp³-hybridized carbons (Fsp3) is 0.667. The lowest BCUT2D eigenvalue weighted by molar-refractivity contribution is 0.0181. The van der Waals surface area contributed by atoms with Crippen molar-refractivity contribution in [1.82, 2.24) is 4.90 Å². The molecular formula is C15H24ClNO2S. The van der Waals surface area contributed by atoms with Crippen molar-refractivity contribution >= 4 is 29.0 Å². The Labute approximate surface area is 130 Å². The van der Waals surface area contributed by atoms with Gasteiger partial charge < -0.3 is 9.64 Å². The Bertz CT molecular complexity index is 451. The highest BCUT2D eigenvalue weighted by Crippen LogP contribution is 2.29. The van der Waals surface area contributed by atoms with Gasteiger partial charge in [0.2, 0.25) is 0 Å². The van der Waals surface area contributed by atoms with Gasteiger partial charge in [-0.05, 0) is 46.8 Å². The third kappa shape index (κ3) is 5.33. The first-order valence-corrected chi connectivity index (χ1v) is 8.04. The summed E-state index contributed by atoms with van der Waals surface area (Å²) < 4.78 is 6.25. The van der Waals surface area contributed by atoms with Gasteiger partial charge in [0.15, 0.2) is 0 Å². The molecule has 1 atom stereocenters. The van der Waals surface area contributed by atoms with E-state index in [0.29, 0.717) is 6.54 Å². The minimum atomic E-state index is -0.473. The van der Waals surface area contributed by atoms with E-state index < -0.39 is 5.60 Å². The van der Waals surface area contributed by atoms with E-state index in [0.717, 1.165) is 4.34 Å². The topological polar surface area (TPSA) is 29.5 Å². The number of nitrogens with zero attached hydrogens (tertiary/aromatic N) is 1. The summed E-state index contributed by atoms with van der Waals surface area (Å²) in [4.78, 5) is 15.2. The average Bonchev–Trinajstić information content (AvgIpc) is 2.69. The van der Waals surface area contributed by atoms with Crippen molar-refractivity contribution < 1.29 is 9.53 Å². The zero-order valence-corrected chi connectivity index (χ0v) is 14.6. The third-order valence-corrected chi connectivity index (χ3v) is 4.26. The Balaban J connectivity index is 2.75. The summed E-state index contributed by atoms with van der Waals surface area (Å²) in [5, 5.41) is 0. The number of hydrogen-bond acceptors (Lipinski definition) is 3. The van der Waals surface area contributed by atoms with Gasteiger partial charge >= 0.3 is 6.09 Å². The Morgan fingerprint density at radius 3 is 2.35 bits per heavy atom. The lowest BCUT2D eigenvalue weighted by atomic mass is 10.1. The molecule has 0 aromatic carbocycles. The first-order chi connectivity index (χ1) is 9.10. The fourth-order valence-electron chi connectivity index (χ4n) is 1.79. The molecule has 0 saturated heterocycles. The number of halogens is 1. The maximum atomic E-state index is 12.3. The summed E-state index contributed by atoms with van der Waals surface area (Å²) in [6.07, 6.45) is -0.262. The number of amides is 1. The first-order valence-electron chi connectivity index (χ1n) is 6.85. The van der Waals surface area contributed by atoms with Gasteiger partial charge in [-0.2, -0.15) is 0 Å². The molecule has 0 aliphatic rings. The average molecular weight is 318 g/mol. The SMILES string of the molecule is CC(C)N(C[C@H](C)c1ccc(Cl)s1)C(=O)OC(C)(C)C. The molecule has 1 amide bonds. The van der Waals surface area contributed by atoms with Crippen molar-refractivity contribution in [2.75, 3.05) is 6.54 Å². The fourth-order valence-corrected chi connectivity index (χ4v) is 2.90. The van der Waals surface area contributed by atoms with Crippen LogP contribution in [0.3, 0.4) is 0 Å². The number of ether oxygens (including phenoxy) is 1. The zero-order chi connectivity index (χ0) is 15.5. The predicted molar refractivity (Wildman–Crippen MR) is 85.8 cm³/mol. The molecule has 0 bridgehead atoms. The van der Waals surface area contributed by atoms with Crippen LogP contribution in [0.2, 0.25) is 4.34 Å². The summed E-state index contributed by atoms with van der Waals surface area (Å²) >= 11 is 7.53. The smallest absolute Gasteiger partial charge is 0.410 e. The second kappa shape index (κ2) is 6.81. The van der Waals surface area contributed by atoms with E-state index in [4.69, 9.17) is 16.3 Å². The van der Waals surface area contributed by atoms with Crippen LogP contribution in [0.4, 0.5) is 4.79 Å². The van der Waals surface area contributed by atoms with Crippen LogP contribution in [-0.4, -0.2) is 29.2 Å². The van der Waals surface area contributed by atoms with E-state index >= 15 is 0 Å². The second-order valence-corrected chi connectivity index (χ2v) is 8.02. The second-order valence-electron chi connectivity index (χ2n) is 6.27. The summed E-state index contributed by atoms with van der Waals surface area (Å²) in [5.41, 5.74) is -0.473. The molecule has 1 rings (SSSR count). The van der Waals surface area contributed by atoms with Crippen LogP contribution in [-0.2, 0) is 4.74 Å². The number of hydrogen-bond donors (Lipinski definition) is 0. The Kier molecular flexibility index (Phi) is 5.90. The van der Waals surface area contributed by atoms with E-state index in [1.54, 1.807) is 16.2 Å². The molecule has 0 N–H and O–H groups in total. The van der Waals surface area contributed by atoms with Crippen molar-refractivity contribution in [3.05, 3.63) is 21.3 Å². The predicted octanol–water partition coefficient (Wildman–Crippen LogP) is 5.15. The molecule has 0 aliphatic heterocycles. The molecule has 0 saturated carbocycles. The number of carbonyl (C=O) groups is 1. The molecule has 0 fully saturated rings. The van der Waals surface area contributed by atoms with Gasteiger partial charge in [0.25, 0.3) is 0 Å². The van der Waals surface area contributed by atoms with Crippen molar-refractivity contribution in [3.63, 3.8) is 0 Å². The molecule has 20 heavy (non-hydrogen) atoms. The maximum Gasteiger partial charge on any atom is 0.410 e. The number of carbonyl (C=O) groups excluding carboxylic acids is 1. The molecule has 5 heteroatoms. The van der Waals surface area contributed by atoms with Crippen molar-refractivity contribution in [1.29, 1.82) is 0 Å². The largest absolute Gasteiger partial charge is 0.444 e. The molecule has 114 valence electrons. The summed E-state index contributed by atoms with van der Waals surface area (Å²) in [7, 11) is 0. The van der Waals surface area contributed by atoms with Crippen molar-refractivity contribution in [2.24, 2.45) is 0 Å². The van der Waals surface area contributed by atoms with Crippen LogP contribution in [0, 0.1) is 0 Å². The molecule has 1 aromatic rings. The van der Waals surface area contributed by atoms with Crippen LogP contribution in [0.1, 0.15) is 52.3 Å². The molecule has 0 radical (unpaired) electrons. The number of rotatable bonds is 4. The van der Waals surface area contributed by atoms with Crippen molar-refractivity contribution in [3.8, 4) is 0 Å². The molecule has 1 aromatic heterocycles. The van der Waals surface area contributed by atoms with E-state index in [9.17, 15) is 4.79 Å². The van der Waals surface area contributed by atoms with E-state index in [-0.39, 0.29) is 18.1 Å². The van der Waals surface area contributed by atoms with Gasteiger partial charge in [-0.25, -0.2) is 4.79 Å². The van der Waals surface area contributed by atoms with Crippen LogP contribution in [0.25, 0.3) is 0 Å². The van der Waals surface area contributed by atoms with Crippen LogP contribution >= 0.6 is 22.9 Å². The molecule has 0 unspecified atom stereocenters. The van der Waals surface area contributed by atoms with Crippen LogP contribution in [0.5, 0.6) is 0 Å². The standard InChI is InChI=1S/C15H24ClNO2S/c1-10(2)17(14(18)19-15(4,5)6)9-11(3)12-7-8-13(16)20-12/h7-8,10-11H,9H2,1-6H3/t11-/m0/s1. The maximum absolute atomic E-state index is 12.3. The van der Waals surface area contributed by atoms with Crippen molar-refractivity contribution in [2.45, 2.75) is 59.1 Å². The van der Waals surface area contributed by atoms with Gasteiger partial charge in [0, 0.05) is 23.4 Å². The monoisotopic (exact) mass is 317 g/mol. The quantitative estimate of drug-likeness (QED) is 0.768. The summed E-state index contributed by atoms with van der Waals surface area (Å²) in [5.74, 6) is 0.238. The molecule has 1 heterocycles. The highest BCUT2D eigenvalue weighted by atomic mass is 35.5. The van der Waals surface area contributed by atoms with Gasteiger partial charge in [-0.15, -0.1) is 11.3 Å². The third-order valence-electron chi connectivity index (χ3n) is 2.80. The van der Waals surface area contributed by atoms with Gasteiger partial charge in [-0.3, -0.25) is 0 Å². The molecule has 0 aliphatic carbocycles. The van der Waals surface area contributed by atoms with E-state index in [2.05, 4.69) is 6.92 Å². The Hall–Kier alpha value is -0.740. The van der Waals surface area contributed by atoms with E-state index in [1.165, 1.54) is 4.88 Å². The Morgan fingerprint density at radius 2 is 1.95 bits per heavy atom. The summed E-state index contributed by atoms with van der Waals surface area (Å²) in [6, 6.07) is 4.01. The lowest BCUT2D eigenvalue weighted by Crippen LogP contribution is -2.42. The van der Waals surface area contributed by atoms with Crippen LogP contribution in [0.15, 0.2) is 12.1 Å². The minimum Gasteiger partial charge on any atom is -0.444 e. The molecule has 3 nitrogen and oxygen atoms in total. The molecular weight excluding hydrogens is 294 g/mol. The Morgan fingerprint density at radius 1 is 1.35 bits per heavy atom. The van der Waals surface area contributed by atoms with Gasteiger partial charge in [0.05, 0.1) is 4.34 Å². The van der Waals surface area contributed by atoms with Gasteiger partial charge in [-0.1, -0.05) is 18.5 Å². The number of thiophene rings is 1. The minimum absolute atomic E-state index is 0.0998. The lowest BCUT2D eigenvalue weighted by Gasteiger charge is -2.31. The zero-order valence-electron chi connectivity index (χ0n) is 13.1. The molecule has 0 spiro atoms. The highest BCUT2D eigenvalue weighted by molar-refractivity contribution is 7.16.